The number of halogens is 2. The summed E-state index contributed by atoms with van der Waals surface area (Å²) in [6.45, 7) is 4.32. The zero-order chi connectivity index (χ0) is 10.7. The first kappa shape index (κ1) is 12.7. The van der Waals surface area contributed by atoms with E-state index in [9.17, 15) is 5.11 Å². The van der Waals surface area contributed by atoms with E-state index in [-0.39, 0.29) is 6.10 Å². The first-order valence-corrected chi connectivity index (χ1v) is 7.07. The Hall–Kier alpha value is 0.620. The minimum atomic E-state index is -0.322. The maximum Gasteiger partial charge on any atom is 0.0885 e. The Labute approximate surface area is 106 Å². The zero-order valence-electron chi connectivity index (χ0n) is 8.26. The molecule has 0 aliphatic carbocycles. The zero-order valence-corrected chi connectivity index (χ0v) is 12.2. The van der Waals surface area contributed by atoms with Gasteiger partial charge in [-0.2, -0.15) is 0 Å². The minimum absolute atomic E-state index is 0.322. The van der Waals surface area contributed by atoms with Crippen LogP contribution >= 0.6 is 43.2 Å². The lowest BCUT2D eigenvalue weighted by atomic mass is 10.0. The van der Waals surface area contributed by atoms with Crippen LogP contribution in [0.15, 0.2) is 14.3 Å². The summed E-state index contributed by atoms with van der Waals surface area (Å²) in [4.78, 5) is 1.03. The van der Waals surface area contributed by atoms with Crippen LogP contribution in [-0.2, 0) is 0 Å². The maximum absolute atomic E-state index is 9.93. The molecule has 0 aliphatic heterocycles. The van der Waals surface area contributed by atoms with E-state index in [0.717, 1.165) is 26.0 Å². The fraction of sp³-hybridized carbons (Fsp3) is 0.600. The molecule has 0 radical (unpaired) electrons. The first-order chi connectivity index (χ1) is 6.54. The molecule has 1 heterocycles. The lowest BCUT2D eigenvalue weighted by molar-refractivity contribution is 0.150. The van der Waals surface area contributed by atoms with E-state index in [0.29, 0.717) is 5.92 Å². The quantitative estimate of drug-likeness (QED) is 0.838. The van der Waals surface area contributed by atoms with E-state index in [1.54, 1.807) is 11.3 Å². The van der Waals surface area contributed by atoms with Crippen LogP contribution in [0, 0.1) is 5.92 Å². The summed E-state index contributed by atoms with van der Waals surface area (Å²) < 4.78 is 2.08. The second-order valence-electron chi connectivity index (χ2n) is 3.54. The predicted octanol–water partition coefficient (Wildman–Crippen LogP) is 4.74. The van der Waals surface area contributed by atoms with E-state index < -0.39 is 0 Å². The van der Waals surface area contributed by atoms with Crippen LogP contribution in [0.2, 0.25) is 0 Å². The lowest BCUT2D eigenvalue weighted by Gasteiger charge is -2.12. The van der Waals surface area contributed by atoms with Gasteiger partial charge in [0.15, 0.2) is 0 Å². The highest BCUT2D eigenvalue weighted by molar-refractivity contribution is 9.13. The minimum Gasteiger partial charge on any atom is -0.388 e. The summed E-state index contributed by atoms with van der Waals surface area (Å²) in [6.07, 6.45) is 1.64. The van der Waals surface area contributed by atoms with E-state index in [1.165, 1.54) is 0 Å². The van der Waals surface area contributed by atoms with Gasteiger partial charge >= 0.3 is 0 Å². The summed E-state index contributed by atoms with van der Waals surface area (Å²) in [7, 11) is 0. The molecule has 2 atom stereocenters. The van der Waals surface area contributed by atoms with Gasteiger partial charge in [0.1, 0.15) is 0 Å². The van der Waals surface area contributed by atoms with Crippen molar-refractivity contribution in [2.45, 2.75) is 32.8 Å². The molecule has 1 rings (SSSR count). The molecule has 1 N–H and O–H groups in total. The van der Waals surface area contributed by atoms with E-state index in [2.05, 4.69) is 45.7 Å². The molecule has 4 heteroatoms. The summed E-state index contributed by atoms with van der Waals surface area (Å²) >= 11 is 8.44. The van der Waals surface area contributed by atoms with E-state index >= 15 is 0 Å². The molecule has 0 aliphatic rings. The van der Waals surface area contributed by atoms with Gasteiger partial charge in [0.05, 0.1) is 9.89 Å². The van der Waals surface area contributed by atoms with Crippen LogP contribution in [0.4, 0.5) is 0 Å². The third-order valence-electron chi connectivity index (χ3n) is 2.32. The highest BCUT2D eigenvalue weighted by Gasteiger charge is 2.15. The first-order valence-electron chi connectivity index (χ1n) is 4.67. The van der Waals surface area contributed by atoms with Crippen LogP contribution in [0.25, 0.3) is 0 Å². The van der Waals surface area contributed by atoms with Gasteiger partial charge in [0.25, 0.3) is 0 Å². The number of rotatable bonds is 4. The molecule has 0 saturated heterocycles. The normalized spacial score (nSPS) is 15.5. The average molecular weight is 342 g/mol. The fourth-order valence-electron chi connectivity index (χ4n) is 1.19. The number of hydrogen-bond donors (Lipinski definition) is 1. The van der Waals surface area contributed by atoms with E-state index in [4.69, 9.17) is 0 Å². The van der Waals surface area contributed by atoms with Gasteiger partial charge < -0.3 is 5.11 Å². The molecular formula is C10H14Br2OS. The highest BCUT2D eigenvalue weighted by atomic mass is 79.9. The molecule has 0 amide bonds. The van der Waals surface area contributed by atoms with Gasteiger partial charge in [-0.1, -0.05) is 20.3 Å². The van der Waals surface area contributed by atoms with Gasteiger partial charge in [-0.3, -0.25) is 0 Å². The van der Waals surface area contributed by atoms with Crippen LogP contribution in [0.5, 0.6) is 0 Å². The largest absolute Gasteiger partial charge is 0.388 e. The molecule has 2 unspecified atom stereocenters. The van der Waals surface area contributed by atoms with Gasteiger partial charge in [0, 0.05) is 9.35 Å². The molecule has 1 aromatic heterocycles. The van der Waals surface area contributed by atoms with Crippen LogP contribution in [-0.4, -0.2) is 5.11 Å². The van der Waals surface area contributed by atoms with E-state index in [1.807, 2.05) is 6.07 Å². The number of thiophene rings is 1. The third kappa shape index (κ3) is 3.33. The SMILES string of the molecule is CCC(C)CC(O)c1cc(Br)c(Br)s1. The second-order valence-corrected chi connectivity index (χ2v) is 6.79. The molecule has 0 fully saturated rings. The van der Waals surface area contributed by atoms with Gasteiger partial charge in [-0.25, -0.2) is 0 Å². The fourth-order valence-corrected chi connectivity index (χ4v) is 3.28. The van der Waals surface area contributed by atoms with Crippen molar-refractivity contribution in [1.29, 1.82) is 0 Å². The number of aliphatic hydroxyl groups is 1. The van der Waals surface area contributed by atoms with Crippen molar-refractivity contribution in [2.75, 3.05) is 0 Å². The van der Waals surface area contributed by atoms with Crippen molar-refractivity contribution < 1.29 is 5.11 Å². The van der Waals surface area contributed by atoms with Crippen molar-refractivity contribution in [3.8, 4) is 0 Å². The van der Waals surface area contributed by atoms with Crippen molar-refractivity contribution >= 4 is 43.2 Å². The highest BCUT2D eigenvalue weighted by Crippen LogP contribution is 2.37. The summed E-state index contributed by atoms with van der Waals surface area (Å²) in [5.41, 5.74) is 0. The van der Waals surface area contributed by atoms with Crippen molar-refractivity contribution in [1.82, 2.24) is 0 Å². The predicted molar refractivity (Wildman–Crippen MR) is 68.8 cm³/mol. The third-order valence-corrected chi connectivity index (χ3v) is 5.67. The van der Waals surface area contributed by atoms with Crippen LogP contribution in [0.3, 0.4) is 0 Å². The van der Waals surface area contributed by atoms with Crippen molar-refractivity contribution in [2.24, 2.45) is 5.92 Å². The summed E-state index contributed by atoms with van der Waals surface area (Å²) in [6, 6.07) is 1.99. The summed E-state index contributed by atoms with van der Waals surface area (Å²) in [5.74, 6) is 0.574. The van der Waals surface area contributed by atoms with Crippen LogP contribution in [0.1, 0.15) is 37.7 Å². The molecule has 0 spiro atoms. The van der Waals surface area contributed by atoms with Crippen LogP contribution < -0.4 is 0 Å². The smallest absolute Gasteiger partial charge is 0.0885 e. The Morgan fingerprint density at radius 3 is 2.57 bits per heavy atom. The Balaban J connectivity index is 2.64. The molecular weight excluding hydrogens is 328 g/mol. The van der Waals surface area contributed by atoms with Gasteiger partial charge in [-0.05, 0) is 50.3 Å². The number of hydrogen-bond acceptors (Lipinski definition) is 2. The van der Waals surface area contributed by atoms with Crippen molar-refractivity contribution in [3.63, 3.8) is 0 Å². The molecule has 0 saturated carbocycles. The molecule has 14 heavy (non-hydrogen) atoms. The second kappa shape index (κ2) is 5.64. The lowest BCUT2D eigenvalue weighted by Crippen LogP contribution is -2.01. The monoisotopic (exact) mass is 340 g/mol. The Kier molecular flexibility index (Phi) is 5.11. The average Bonchev–Trinajstić information content (AvgIpc) is 2.47. The molecule has 0 aromatic carbocycles. The maximum atomic E-state index is 9.93. The molecule has 1 aromatic rings. The number of aliphatic hydroxyl groups excluding tert-OH is 1. The standard InChI is InChI=1S/C10H14Br2OS/c1-3-6(2)4-8(13)9-5-7(11)10(12)14-9/h5-6,8,13H,3-4H2,1-2H3. The Morgan fingerprint density at radius 2 is 2.14 bits per heavy atom. The van der Waals surface area contributed by atoms with Gasteiger partial charge in [0.2, 0.25) is 0 Å². The topological polar surface area (TPSA) is 20.2 Å². The molecule has 0 bridgehead atoms. The molecule has 80 valence electrons. The Bertz CT molecular complexity index is 279. The van der Waals surface area contributed by atoms with Gasteiger partial charge in [-0.15, -0.1) is 11.3 Å². The Morgan fingerprint density at radius 1 is 1.50 bits per heavy atom. The summed E-state index contributed by atoms with van der Waals surface area (Å²) in [5, 5.41) is 9.93. The van der Waals surface area contributed by atoms with Crippen molar-refractivity contribution in [3.05, 3.63) is 19.2 Å². The molecule has 1 nitrogen and oxygen atoms in total.